The largest absolute Gasteiger partial charge is 0.451 e. The molecule has 0 bridgehead atoms. The van der Waals surface area contributed by atoms with Gasteiger partial charge in [0.05, 0.1) is 10.7 Å². The van der Waals surface area contributed by atoms with Gasteiger partial charge in [0.2, 0.25) is 0 Å². The number of carbonyl (C=O) groups is 2. The second-order valence-corrected chi connectivity index (χ2v) is 4.73. The van der Waals surface area contributed by atoms with Gasteiger partial charge in [-0.15, -0.1) is 0 Å². The Bertz CT molecular complexity index is 493. The number of halogens is 2. The summed E-state index contributed by atoms with van der Waals surface area (Å²) >= 11 is 11.7. The number of amides is 1. The second-order valence-electron chi connectivity index (χ2n) is 3.88. The van der Waals surface area contributed by atoms with Crippen LogP contribution in [0.4, 0.5) is 5.69 Å². The van der Waals surface area contributed by atoms with Gasteiger partial charge in [-0.25, -0.2) is 4.79 Å². The van der Waals surface area contributed by atoms with Crippen molar-refractivity contribution in [3.63, 3.8) is 0 Å². The number of esters is 1. The summed E-state index contributed by atoms with van der Waals surface area (Å²) in [4.78, 5) is 23.2. The maximum Gasteiger partial charge on any atom is 0.332 e. The highest BCUT2D eigenvalue weighted by molar-refractivity contribution is 6.35. The number of hydrogen-bond acceptors (Lipinski definition) is 4. The summed E-state index contributed by atoms with van der Waals surface area (Å²) in [6, 6.07) is 4.67. The van der Waals surface area contributed by atoms with Crippen LogP contribution in [0.25, 0.3) is 0 Å². The van der Waals surface area contributed by atoms with Crippen LogP contribution in [0.3, 0.4) is 0 Å². The van der Waals surface area contributed by atoms with Gasteiger partial charge >= 0.3 is 5.97 Å². The van der Waals surface area contributed by atoms with Crippen LogP contribution in [0.15, 0.2) is 18.2 Å². The van der Waals surface area contributed by atoms with Crippen LogP contribution >= 0.6 is 23.2 Å². The third-order valence-corrected chi connectivity index (χ3v) is 2.85. The average Bonchev–Trinajstić information content (AvgIpc) is 2.40. The Hall–Kier alpha value is -1.30. The van der Waals surface area contributed by atoms with Gasteiger partial charge in [0.1, 0.15) is 6.61 Å². The van der Waals surface area contributed by atoms with Crippen molar-refractivity contribution in [2.75, 3.05) is 18.5 Å². The van der Waals surface area contributed by atoms with E-state index in [1.807, 2.05) is 0 Å². The lowest BCUT2D eigenvalue weighted by Crippen LogP contribution is -2.31. The molecule has 1 aromatic carbocycles. The first-order chi connectivity index (χ1) is 9.43. The lowest BCUT2D eigenvalue weighted by Gasteiger charge is -2.14. The predicted octanol–water partition coefficient (Wildman–Crippen LogP) is 2.90. The highest BCUT2D eigenvalue weighted by Gasteiger charge is 2.18. The molecule has 0 saturated carbocycles. The highest BCUT2D eigenvalue weighted by atomic mass is 35.5. The molecule has 0 unspecified atom stereocenters. The van der Waals surface area contributed by atoms with Crippen LogP contribution in [0.1, 0.15) is 13.8 Å². The molecule has 0 aliphatic carbocycles. The van der Waals surface area contributed by atoms with E-state index in [1.165, 1.54) is 13.0 Å². The van der Waals surface area contributed by atoms with Crippen LogP contribution < -0.4 is 5.32 Å². The monoisotopic (exact) mass is 319 g/mol. The summed E-state index contributed by atoms with van der Waals surface area (Å²) in [5.74, 6) is -1.11. The first-order valence-electron chi connectivity index (χ1n) is 5.97. The minimum atomic E-state index is -0.960. The molecule has 0 radical (unpaired) electrons. The van der Waals surface area contributed by atoms with Crippen molar-refractivity contribution >= 4 is 40.8 Å². The molecule has 1 N–H and O–H groups in total. The summed E-state index contributed by atoms with van der Waals surface area (Å²) in [7, 11) is 0. The normalized spacial score (nSPS) is 11.8. The molecule has 0 spiro atoms. The van der Waals surface area contributed by atoms with Crippen molar-refractivity contribution in [3.05, 3.63) is 28.2 Å². The van der Waals surface area contributed by atoms with Crippen molar-refractivity contribution in [2.45, 2.75) is 20.0 Å². The first-order valence-corrected chi connectivity index (χ1v) is 6.72. The Morgan fingerprint density at radius 1 is 1.35 bits per heavy atom. The number of hydrogen-bond donors (Lipinski definition) is 1. The van der Waals surface area contributed by atoms with Gasteiger partial charge in [0.15, 0.2) is 6.10 Å². The molecule has 0 fully saturated rings. The lowest BCUT2D eigenvalue weighted by molar-refractivity contribution is -0.157. The third kappa shape index (κ3) is 5.36. The Balaban J connectivity index is 2.57. The lowest BCUT2D eigenvalue weighted by atomic mass is 10.3. The minimum absolute atomic E-state index is 0.188. The number of ether oxygens (including phenoxy) is 2. The number of carbonyl (C=O) groups excluding carboxylic acids is 2. The van der Waals surface area contributed by atoms with Crippen molar-refractivity contribution in [3.8, 4) is 0 Å². The zero-order valence-corrected chi connectivity index (χ0v) is 12.6. The van der Waals surface area contributed by atoms with Crippen LogP contribution in [-0.4, -0.2) is 31.2 Å². The molecule has 7 heteroatoms. The summed E-state index contributed by atoms with van der Waals surface area (Å²) in [6.45, 7) is 3.42. The van der Waals surface area contributed by atoms with Gasteiger partial charge in [0.25, 0.3) is 5.91 Å². The van der Waals surface area contributed by atoms with E-state index in [9.17, 15) is 9.59 Å². The molecule has 0 saturated heterocycles. The van der Waals surface area contributed by atoms with E-state index in [1.54, 1.807) is 19.1 Å². The van der Waals surface area contributed by atoms with Crippen molar-refractivity contribution < 1.29 is 19.1 Å². The molecular weight excluding hydrogens is 305 g/mol. The predicted molar refractivity (Wildman–Crippen MR) is 77.1 cm³/mol. The summed E-state index contributed by atoms with van der Waals surface area (Å²) in [5.41, 5.74) is 0.358. The Morgan fingerprint density at radius 2 is 2.05 bits per heavy atom. The molecule has 0 heterocycles. The van der Waals surface area contributed by atoms with Gasteiger partial charge in [0, 0.05) is 11.6 Å². The van der Waals surface area contributed by atoms with Crippen LogP contribution in [0, 0.1) is 0 Å². The van der Waals surface area contributed by atoms with Crippen molar-refractivity contribution in [2.24, 2.45) is 0 Å². The highest BCUT2D eigenvalue weighted by Crippen LogP contribution is 2.25. The number of benzene rings is 1. The number of anilines is 1. The van der Waals surface area contributed by atoms with Gasteiger partial charge in [-0.05, 0) is 32.0 Å². The maximum absolute atomic E-state index is 11.9. The fraction of sp³-hybridized carbons (Fsp3) is 0.385. The van der Waals surface area contributed by atoms with Crippen LogP contribution in [-0.2, 0) is 19.1 Å². The smallest absolute Gasteiger partial charge is 0.332 e. The van der Waals surface area contributed by atoms with Gasteiger partial charge < -0.3 is 14.8 Å². The quantitative estimate of drug-likeness (QED) is 0.819. The van der Waals surface area contributed by atoms with Crippen molar-refractivity contribution in [1.82, 2.24) is 0 Å². The van der Waals surface area contributed by atoms with Gasteiger partial charge in [-0.1, -0.05) is 23.2 Å². The number of rotatable bonds is 6. The molecule has 1 aromatic rings. The first kappa shape index (κ1) is 16.8. The zero-order chi connectivity index (χ0) is 15.1. The summed E-state index contributed by atoms with van der Waals surface area (Å²) in [6.07, 6.45) is -0.960. The molecule has 110 valence electrons. The molecule has 0 aliphatic heterocycles. The van der Waals surface area contributed by atoms with Crippen LogP contribution in [0.2, 0.25) is 10.0 Å². The van der Waals surface area contributed by atoms with E-state index >= 15 is 0 Å². The molecule has 0 aromatic heterocycles. The summed E-state index contributed by atoms with van der Waals surface area (Å²) in [5, 5.41) is 3.32. The Labute approximate surface area is 127 Å². The zero-order valence-electron chi connectivity index (χ0n) is 11.1. The van der Waals surface area contributed by atoms with Crippen molar-refractivity contribution in [1.29, 1.82) is 0 Å². The fourth-order valence-electron chi connectivity index (χ4n) is 1.30. The van der Waals surface area contributed by atoms with E-state index in [-0.39, 0.29) is 6.61 Å². The average molecular weight is 320 g/mol. The van der Waals surface area contributed by atoms with E-state index in [0.29, 0.717) is 22.3 Å². The standard InChI is InChI=1S/C13H15Cl2NO4/c1-3-19-7-12(17)20-8(2)13(18)16-11-6-9(14)4-5-10(11)15/h4-6,8H,3,7H2,1-2H3,(H,16,18)/t8-/m1/s1. The minimum Gasteiger partial charge on any atom is -0.451 e. The topological polar surface area (TPSA) is 64.6 Å². The van der Waals surface area contributed by atoms with Crippen LogP contribution in [0.5, 0.6) is 0 Å². The summed E-state index contributed by atoms with van der Waals surface area (Å²) < 4.78 is 9.79. The van der Waals surface area contributed by atoms with E-state index < -0.39 is 18.0 Å². The molecule has 5 nitrogen and oxygen atoms in total. The fourth-order valence-corrected chi connectivity index (χ4v) is 1.63. The maximum atomic E-state index is 11.9. The molecule has 1 atom stereocenters. The van der Waals surface area contributed by atoms with E-state index in [0.717, 1.165) is 0 Å². The third-order valence-electron chi connectivity index (χ3n) is 2.29. The molecule has 1 rings (SSSR count). The molecule has 1 amide bonds. The second kappa shape index (κ2) is 8.09. The Morgan fingerprint density at radius 3 is 2.70 bits per heavy atom. The molecule has 0 aliphatic rings. The molecular formula is C13H15Cl2NO4. The van der Waals surface area contributed by atoms with E-state index in [4.69, 9.17) is 32.7 Å². The van der Waals surface area contributed by atoms with Gasteiger partial charge in [-0.3, -0.25) is 4.79 Å². The number of nitrogens with one attached hydrogen (secondary N) is 1. The SMILES string of the molecule is CCOCC(=O)O[C@H](C)C(=O)Nc1cc(Cl)ccc1Cl. The van der Waals surface area contributed by atoms with Gasteiger partial charge in [-0.2, -0.15) is 0 Å². The molecule has 20 heavy (non-hydrogen) atoms. The van der Waals surface area contributed by atoms with E-state index in [2.05, 4.69) is 5.32 Å². The Kier molecular flexibility index (Phi) is 6.78.